The molecule has 0 saturated carbocycles. The quantitative estimate of drug-likeness (QED) is 0.260. The van der Waals surface area contributed by atoms with Crippen LogP contribution in [-0.2, 0) is 10.0 Å². The van der Waals surface area contributed by atoms with Crippen LogP contribution in [-0.4, -0.2) is 33.8 Å². The summed E-state index contributed by atoms with van der Waals surface area (Å²) in [4.78, 5) is 10.7. The molecule has 0 unspecified atom stereocenters. The maximum atomic E-state index is 12.8. The Morgan fingerprint density at radius 1 is 1.00 bits per heavy atom. The number of nitro benzene ring substituents is 1. The van der Waals surface area contributed by atoms with Gasteiger partial charge in [0.25, 0.3) is 15.7 Å². The molecule has 2 N–H and O–H groups in total. The van der Waals surface area contributed by atoms with Gasteiger partial charge in [-0.1, -0.05) is 23.8 Å². The summed E-state index contributed by atoms with van der Waals surface area (Å²) in [6, 6.07) is 14.0. The van der Waals surface area contributed by atoms with E-state index in [1.807, 2.05) is 13.0 Å². The molecule has 0 radical (unpaired) electrons. The average molecular weight is 485 g/mol. The Morgan fingerprint density at radius 3 is 2.38 bits per heavy atom. The Balaban J connectivity index is 1.87. The Labute approximate surface area is 197 Å². The number of rotatable bonds is 9. The number of hydrazone groups is 1. The standard InChI is InChI=1S/C23H24N4O6S/c1-15-8-10-19(16(2)12-15)26-34(30,31)18-9-11-20(21(13-18)27(28)29)25-24-14-17-6-5-7-22(32-3)23(17)33-4/h5-14,25-26H,1-4H3/b24-14+. The highest BCUT2D eigenvalue weighted by molar-refractivity contribution is 7.92. The number of anilines is 2. The van der Waals surface area contributed by atoms with Crippen LogP contribution in [0.5, 0.6) is 11.5 Å². The first-order chi connectivity index (χ1) is 16.2. The van der Waals surface area contributed by atoms with Crippen molar-refractivity contribution in [1.82, 2.24) is 0 Å². The van der Waals surface area contributed by atoms with Gasteiger partial charge in [0.05, 0.1) is 35.9 Å². The second kappa shape index (κ2) is 10.2. The fourth-order valence-corrected chi connectivity index (χ4v) is 4.39. The fourth-order valence-electron chi connectivity index (χ4n) is 3.24. The highest BCUT2D eigenvalue weighted by Crippen LogP contribution is 2.31. The van der Waals surface area contributed by atoms with E-state index in [-0.39, 0.29) is 10.6 Å². The summed E-state index contributed by atoms with van der Waals surface area (Å²) >= 11 is 0. The summed E-state index contributed by atoms with van der Waals surface area (Å²) < 4.78 is 38.7. The minimum Gasteiger partial charge on any atom is -0.493 e. The molecule has 0 aromatic heterocycles. The van der Waals surface area contributed by atoms with Crippen molar-refractivity contribution in [2.75, 3.05) is 24.4 Å². The van der Waals surface area contributed by atoms with E-state index in [1.165, 1.54) is 32.6 Å². The Bertz CT molecular complexity index is 1360. The summed E-state index contributed by atoms with van der Waals surface area (Å²) in [6.45, 7) is 3.67. The average Bonchev–Trinajstić information content (AvgIpc) is 2.80. The summed E-state index contributed by atoms with van der Waals surface area (Å²) in [6.07, 6.45) is 1.41. The topological polar surface area (TPSA) is 132 Å². The van der Waals surface area contributed by atoms with Gasteiger partial charge in [0.1, 0.15) is 5.69 Å². The monoisotopic (exact) mass is 484 g/mol. The number of para-hydroxylation sites is 1. The van der Waals surface area contributed by atoms with Crippen LogP contribution in [0.25, 0.3) is 0 Å². The van der Waals surface area contributed by atoms with Crippen LogP contribution in [0.15, 0.2) is 64.6 Å². The minimum atomic E-state index is -4.05. The maximum Gasteiger partial charge on any atom is 0.295 e. The van der Waals surface area contributed by atoms with Crippen LogP contribution in [0.1, 0.15) is 16.7 Å². The number of nitro groups is 1. The SMILES string of the molecule is COc1cccc(/C=N/Nc2ccc(S(=O)(=O)Nc3ccc(C)cc3C)cc2[N+](=O)[O-])c1OC. The van der Waals surface area contributed by atoms with Gasteiger partial charge < -0.3 is 9.47 Å². The number of hydrogen-bond donors (Lipinski definition) is 2. The molecule has 178 valence electrons. The molecule has 34 heavy (non-hydrogen) atoms. The number of aryl methyl sites for hydroxylation is 2. The molecule has 3 aromatic carbocycles. The van der Waals surface area contributed by atoms with Gasteiger partial charge in [-0.2, -0.15) is 5.10 Å². The first-order valence-electron chi connectivity index (χ1n) is 10.0. The molecule has 0 aliphatic carbocycles. The molecule has 0 amide bonds. The van der Waals surface area contributed by atoms with Crippen LogP contribution in [0.2, 0.25) is 0 Å². The molecular formula is C23H24N4O6S. The zero-order chi connectivity index (χ0) is 24.9. The van der Waals surface area contributed by atoms with E-state index in [4.69, 9.17) is 9.47 Å². The van der Waals surface area contributed by atoms with Gasteiger partial charge >= 0.3 is 0 Å². The number of benzene rings is 3. The largest absolute Gasteiger partial charge is 0.493 e. The summed E-state index contributed by atoms with van der Waals surface area (Å²) in [5, 5.41) is 15.7. The third-order valence-corrected chi connectivity index (χ3v) is 6.29. The van der Waals surface area contributed by atoms with Crippen molar-refractivity contribution in [2.45, 2.75) is 18.7 Å². The lowest BCUT2D eigenvalue weighted by Crippen LogP contribution is -2.14. The molecule has 11 heteroatoms. The summed E-state index contributed by atoms with van der Waals surface area (Å²) in [7, 11) is -1.06. The molecule has 0 bridgehead atoms. The molecule has 3 aromatic rings. The zero-order valence-corrected chi connectivity index (χ0v) is 19.8. The number of nitrogens with zero attached hydrogens (tertiary/aromatic N) is 2. The highest BCUT2D eigenvalue weighted by atomic mass is 32.2. The van der Waals surface area contributed by atoms with Crippen molar-refractivity contribution in [1.29, 1.82) is 0 Å². The van der Waals surface area contributed by atoms with Crippen molar-refractivity contribution in [3.8, 4) is 11.5 Å². The van der Waals surface area contributed by atoms with E-state index < -0.39 is 20.6 Å². The Kier molecular flexibility index (Phi) is 7.37. The predicted molar refractivity (Wildman–Crippen MR) is 131 cm³/mol. The van der Waals surface area contributed by atoms with Gasteiger partial charge in [0, 0.05) is 11.6 Å². The fraction of sp³-hybridized carbons (Fsp3) is 0.174. The number of sulfonamides is 1. The molecule has 10 nitrogen and oxygen atoms in total. The molecule has 3 rings (SSSR count). The highest BCUT2D eigenvalue weighted by Gasteiger charge is 2.22. The van der Waals surface area contributed by atoms with Crippen LogP contribution in [0, 0.1) is 24.0 Å². The number of nitrogens with one attached hydrogen (secondary N) is 2. The smallest absolute Gasteiger partial charge is 0.295 e. The molecule has 0 spiro atoms. The van der Waals surface area contributed by atoms with E-state index in [2.05, 4.69) is 15.2 Å². The number of ether oxygens (including phenoxy) is 2. The van der Waals surface area contributed by atoms with Gasteiger partial charge in [-0.15, -0.1) is 0 Å². The van der Waals surface area contributed by atoms with Crippen LogP contribution in [0.4, 0.5) is 17.1 Å². The third-order valence-electron chi connectivity index (χ3n) is 4.92. The van der Waals surface area contributed by atoms with E-state index in [0.717, 1.165) is 17.2 Å². The second-order valence-electron chi connectivity index (χ2n) is 7.31. The molecule has 0 aliphatic heterocycles. The summed E-state index contributed by atoms with van der Waals surface area (Å²) in [5.74, 6) is 0.951. The van der Waals surface area contributed by atoms with E-state index in [0.29, 0.717) is 22.7 Å². The van der Waals surface area contributed by atoms with Crippen LogP contribution >= 0.6 is 0 Å². The van der Waals surface area contributed by atoms with Gasteiger partial charge in [-0.05, 0) is 49.7 Å². The summed E-state index contributed by atoms with van der Waals surface area (Å²) in [5.41, 5.74) is 4.86. The lowest BCUT2D eigenvalue weighted by atomic mass is 10.1. The second-order valence-corrected chi connectivity index (χ2v) is 9.00. The maximum absolute atomic E-state index is 12.8. The van der Waals surface area contributed by atoms with E-state index in [9.17, 15) is 18.5 Å². The molecule has 0 aliphatic rings. The molecule has 0 fully saturated rings. The molecule has 0 heterocycles. The van der Waals surface area contributed by atoms with Crippen LogP contribution in [0.3, 0.4) is 0 Å². The lowest BCUT2D eigenvalue weighted by Gasteiger charge is -2.12. The third kappa shape index (κ3) is 5.44. The molecule has 0 atom stereocenters. The van der Waals surface area contributed by atoms with Crippen molar-refractivity contribution in [3.63, 3.8) is 0 Å². The van der Waals surface area contributed by atoms with Gasteiger partial charge in [-0.3, -0.25) is 20.3 Å². The van der Waals surface area contributed by atoms with Crippen molar-refractivity contribution >= 4 is 33.3 Å². The van der Waals surface area contributed by atoms with E-state index >= 15 is 0 Å². The van der Waals surface area contributed by atoms with Gasteiger partial charge in [0.2, 0.25) is 0 Å². The van der Waals surface area contributed by atoms with Gasteiger partial charge in [0.15, 0.2) is 11.5 Å². The van der Waals surface area contributed by atoms with Gasteiger partial charge in [-0.25, -0.2) is 8.42 Å². The normalized spacial score (nSPS) is 11.3. The lowest BCUT2D eigenvalue weighted by molar-refractivity contribution is -0.384. The molecule has 0 saturated heterocycles. The predicted octanol–water partition coefficient (Wildman–Crippen LogP) is 4.48. The zero-order valence-electron chi connectivity index (χ0n) is 19.0. The van der Waals surface area contributed by atoms with Crippen molar-refractivity contribution < 1.29 is 22.8 Å². The number of methoxy groups -OCH3 is 2. The Morgan fingerprint density at radius 2 is 1.74 bits per heavy atom. The first-order valence-corrected chi connectivity index (χ1v) is 11.5. The minimum absolute atomic E-state index is 0.0218. The van der Waals surface area contributed by atoms with Crippen LogP contribution < -0.4 is 19.6 Å². The number of hydrogen-bond acceptors (Lipinski definition) is 8. The van der Waals surface area contributed by atoms with Crippen molar-refractivity contribution in [3.05, 3.63) is 81.4 Å². The van der Waals surface area contributed by atoms with E-state index in [1.54, 1.807) is 37.3 Å². The molecular weight excluding hydrogens is 460 g/mol. The van der Waals surface area contributed by atoms with Crippen molar-refractivity contribution in [2.24, 2.45) is 5.10 Å². The first kappa shape index (κ1) is 24.5. The Hall–Kier alpha value is -4.12.